The Morgan fingerprint density at radius 2 is 1.71 bits per heavy atom. The van der Waals surface area contributed by atoms with Gasteiger partial charge in [-0.1, -0.05) is 27.7 Å². The van der Waals surface area contributed by atoms with E-state index in [0.717, 1.165) is 19.4 Å². The summed E-state index contributed by atoms with van der Waals surface area (Å²) >= 11 is 0. The van der Waals surface area contributed by atoms with Crippen LogP contribution in [0.25, 0.3) is 0 Å². The van der Waals surface area contributed by atoms with Gasteiger partial charge in [0.2, 0.25) is 0 Å². The molecule has 2 heteroatoms. The molecule has 0 aromatic carbocycles. The largest absolute Gasteiger partial charge is 0.299 e. The van der Waals surface area contributed by atoms with E-state index < -0.39 is 0 Å². The van der Waals surface area contributed by atoms with Crippen LogP contribution in [-0.4, -0.2) is 28.8 Å². The lowest BCUT2D eigenvalue weighted by molar-refractivity contribution is -0.130. The number of piperidine rings is 1. The lowest BCUT2D eigenvalue weighted by atomic mass is 9.78. The zero-order chi connectivity index (χ0) is 13.4. The van der Waals surface area contributed by atoms with Gasteiger partial charge in [-0.2, -0.15) is 0 Å². The quantitative estimate of drug-likeness (QED) is 0.735. The van der Waals surface area contributed by atoms with Crippen molar-refractivity contribution in [3.8, 4) is 0 Å². The third-order valence-electron chi connectivity index (χ3n) is 4.06. The van der Waals surface area contributed by atoms with Gasteiger partial charge in [-0.3, -0.25) is 9.69 Å². The molecular weight excluding hydrogens is 210 g/mol. The third-order valence-corrected chi connectivity index (χ3v) is 4.06. The first kappa shape index (κ1) is 14.7. The zero-order valence-corrected chi connectivity index (χ0v) is 12.6. The van der Waals surface area contributed by atoms with Gasteiger partial charge in [-0.15, -0.1) is 0 Å². The van der Waals surface area contributed by atoms with Gasteiger partial charge in [0, 0.05) is 30.5 Å². The predicted octanol–water partition coefficient (Wildman–Crippen LogP) is 3.50. The summed E-state index contributed by atoms with van der Waals surface area (Å²) in [5.41, 5.74) is 0.501. The van der Waals surface area contributed by atoms with Crippen LogP contribution in [0.5, 0.6) is 0 Å². The van der Waals surface area contributed by atoms with E-state index in [4.69, 9.17) is 0 Å². The monoisotopic (exact) mass is 239 g/mol. The van der Waals surface area contributed by atoms with Crippen molar-refractivity contribution in [1.82, 2.24) is 4.90 Å². The van der Waals surface area contributed by atoms with Crippen molar-refractivity contribution in [2.75, 3.05) is 6.54 Å². The van der Waals surface area contributed by atoms with Gasteiger partial charge in [-0.25, -0.2) is 0 Å². The molecule has 0 saturated carbocycles. The van der Waals surface area contributed by atoms with Crippen LogP contribution in [-0.2, 0) is 4.79 Å². The van der Waals surface area contributed by atoms with Crippen molar-refractivity contribution in [3.05, 3.63) is 0 Å². The summed E-state index contributed by atoms with van der Waals surface area (Å²) in [6.07, 6.45) is 1.88. The highest BCUT2D eigenvalue weighted by atomic mass is 16.1. The molecule has 0 spiro atoms. The SMILES string of the molecule is CC1C(=O)CCN(C(C)(C)CC(C)(C)C)C1C. The van der Waals surface area contributed by atoms with Gasteiger partial charge in [0.05, 0.1) is 0 Å². The molecule has 2 nitrogen and oxygen atoms in total. The Labute approximate surface area is 107 Å². The molecule has 0 aliphatic carbocycles. The Kier molecular flexibility index (Phi) is 4.08. The van der Waals surface area contributed by atoms with Gasteiger partial charge in [0.25, 0.3) is 0 Å². The minimum Gasteiger partial charge on any atom is -0.299 e. The highest BCUT2D eigenvalue weighted by Gasteiger charge is 2.40. The molecule has 100 valence electrons. The number of Topliss-reactive ketones (excluding diaryl/α,β-unsaturated/α-hetero) is 1. The van der Waals surface area contributed by atoms with E-state index in [1.807, 2.05) is 0 Å². The first-order chi connectivity index (χ1) is 7.54. The van der Waals surface area contributed by atoms with Gasteiger partial charge < -0.3 is 0 Å². The predicted molar refractivity (Wildman–Crippen MR) is 73.1 cm³/mol. The Bertz CT molecular complexity index is 288. The van der Waals surface area contributed by atoms with E-state index in [-0.39, 0.29) is 11.5 Å². The van der Waals surface area contributed by atoms with Crippen molar-refractivity contribution < 1.29 is 4.79 Å². The molecule has 2 atom stereocenters. The maximum absolute atomic E-state index is 11.7. The number of hydrogen-bond acceptors (Lipinski definition) is 2. The van der Waals surface area contributed by atoms with Crippen LogP contribution in [0.4, 0.5) is 0 Å². The summed E-state index contributed by atoms with van der Waals surface area (Å²) in [6.45, 7) is 16.7. The highest BCUT2D eigenvalue weighted by molar-refractivity contribution is 5.82. The number of rotatable bonds is 2. The Balaban J connectivity index is 2.81. The van der Waals surface area contributed by atoms with E-state index in [9.17, 15) is 4.79 Å². The van der Waals surface area contributed by atoms with E-state index in [1.165, 1.54) is 0 Å². The summed E-state index contributed by atoms with van der Waals surface area (Å²) < 4.78 is 0. The Hall–Kier alpha value is -0.370. The molecule has 1 rings (SSSR count). The lowest BCUT2D eigenvalue weighted by Crippen LogP contribution is -2.57. The van der Waals surface area contributed by atoms with Crippen LogP contribution in [0, 0.1) is 11.3 Å². The van der Waals surface area contributed by atoms with Crippen LogP contribution in [0.2, 0.25) is 0 Å². The maximum Gasteiger partial charge on any atom is 0.138 e. The fourth-order valence-electron chi connectivity index (χ4n) is 3.45. The molecule has 1 heterocycles. The minimum absolute atomic E-state index is 0.173. The van der Waals surface area contributed by atoms with Crippen molar-refractivity contribution in [1.29, 1.82) is 0 Å². The zero-order valence-electron chi connectivity index (χ0n) is 12.6. The maximum atomic E-state index is 11.7. The van der Waals surface area contributed by atoms with Crippen molar-refractivity contribution in [2.24, 2.45) is 11.3 Å². The smallest absolute Gasteiger partial charge is 0.138 e. The summed E-state index contributed by atoms with van der Waals surface area (Å²) in [7, 11) is 0. The first-order valence-corrected chi connectivity index (χ1v) is 6.84. The highest BCUT2D eigenvalue weighted by Crippen LogP contribution is 2.35. The topological polar surface area (TPSA) is 20.3 Å². The van der Waals surface area contributed by atoms with Crippen LogP contribution < -0.4 is 0 Å². The normalized spacial score (nSPS) is 28.5. The van der Waals surface area contributed by atoms with Gasteiger partial charge in [0.15, 0.2) is 0 Å². The first-order valence-electron chi connectivity index (χ1n) is 6.84. The van der Waals surface area contributed by atoms with E-state index in [2.05, 4.69) is 53.4 Å². The summed E-state index contributed by atoms with van der Waals surface area (Å²) in [5, 5.41) is 0. The number of nitrogens with zero attached hydrogens (tertiary/aromatic N) is 1. The van der Waals surface area contributed by atoms with Crippen molar-refractivity contribution in [3.63, 3.8) is 0 Å². The summed E-state index contributed by atoms with van der Waals surface area (Å²) in [4.78, 5) is 14.3. The number of ketones is 1. The van der Waals surface area contributed by atoms with Crippen LogP contribution in [0.1, 0.15) is 61.3 Å². The number of carbonyl (C=O) groups is 1. The molecule has 1 saturated heterocycles. The molecule has 17 heavy (non-hydrogen) atoms. The van der Waals surface area contributed by atoms with Crippen molar-refractivity contribution >= 4 is 5.78 Å². The Morgan fingerprint density at radius 1 is 1.18 bits per heavy atom. The van der Waals surface area contributed by atoms with Gasteiger partial charge in [0.1, 0.15) is 5.78 Å². The van der Waals surface area contributed by atoms with E-state index in [1.54, 1.807) is 0 Å². The molecule has 2 unspecified atom stereocenters. The average molecular weight is 239 g/mol. The third kappa shape index (κ3) is 3.54. The molecule has 0 radical (unpaired) electrons. The lowest BCUT2D eigenvalue weighted by Gasteiger charge is -2.49. The second-order valence-electron chi connectivity index (χ2n) is 7.49. The number of carbonyl (C=O) groups excluding carboxylic acids is 1. The summed E-state index contributed by atoms with van der Waals surface area (Å²) in [6, 6.07) is 0.369. The van der Waals surface area contributed by atoms with E-state index >= 15 is 0 Å². The molecule has 1 aliphatic heterocycles. The molecule has 0 bridgehead atoms. The fraction of sp³-hybridized carbons (Fsp3) is 0.933. The van der Waals surface area contributed by atoms with Gasteiger partial charge >= 0.3 is 0 Å². The van der Waals surface area contributed by atoms with Crippen LogP contribution >= 0.6 is 0 Å². The summed E-state index contributed by atoms with van der Waals surface area (Å²) in [5.74, 6) is 0.614. The number of likely N-dealkylation sites (tertiary alicyclic amines) is 1. The molecular formula is C15H29NO. The standard InChI is InChI=1S/C15H29NO/c1-11-12(2)16(9-8-13(11)17)15(6,7)10-14(3,4)5/h11-12H,8-10H2,1-7H3. The Morgan fingerprint density at radius 3 is 2.18 bits per heavy atom. The average Bonchev–Trinajstić information content (AvgIpc) is 2.09. The molecule has 1 fully saturated rings. The molecule has 0 amide bonds. The number of hydrogen-bond donors (Lipinski definition) is 0. The molecule has 1 aliphatic rings. The second kappa shape index (κ2) is 4.72. The van der Waals surface area contributed by atoms with Crippen LogP contribution in [0.15, 0.2) is 0 Å². The second-order valence-corrected chi connectivity index (χ2v) is 7.49. The fourth-order valence-corrected chi connectivity index (χ4v) is 3.45. The van der Waals surface area contributed by atoms with Crippen LogP contribution in [0.3, 0.4) is 0 Å². The minimum atomic E-state index is 0.173. The van der Waals surface area contributed by atoms with Gasteiger partial charge in [-0.05, 0) is 32.6 Å². The molecule has 0 aromatic rings. The van der Waals surface area contributed by atoms with Crippen molar-refractivity contribution in [2.45, 2.75) is 72.9 Å². The molecule has 0 N–H and O–H groups in total. The van der Waals surface area contributed by atoms with E-state index in [0.29, 0.717) is 17.2 Å². The molecule has 0 aromatic heterocycles.